The molecule has 4 rings (SSSR count). The fourth-order valence-electron chi connectivity index (χ4n) is 3.49. The van der Waals surface area contributed by atoms with E-state index >= 15 is 0 Å². The van der Waals surface area contributed by atoms with Crippen LogP contribution >= 0.6 is 0 Å². The minimum absolute atomic E-state index is 0.165. The van der Waals surface area contributed by atoms with Gasteiger partial charge in [-0.15, -0.1) is 10.2 Å². The summed E-state index contributed by atoms with van der Waals surface area (Å²) in [5, 5.41) is 13.0. The second-order valence-electron chi connectivity index (χ2n) is 6.74. The maximum atomic E-state index is 12.0. The van der Waals surface area contributed by atoms with Gasteiger partial charge in [0.05, 0.1) is 5.75 Å². The molecule has 0 aromatic carbocycles. The first-order chi connectivity index (χ1) is 12.1. The van der Waals surface area contributed by atoms with Crippen LogP contribution in [0.1, 0.15) is 56.2 Å². The summed E-state index contributed by atoms with van der Waals surface area (Å²) in [5.41, 5.74) is 0. The summed E-state index contributed by atoms with van der Waals surface area (Å²) in [6.07, 6.45) is 7.10. The van der Waals surface area contributed by atoms with Crippen molar-refractivity contribution < 1.29 is 8.42 Å². The van der Waals surface area contributed by atoms with E-state index in [-0.39, 0.29) is 11.7 Å². The van der Waals surface area contributed by atoms with Crippen molar-refractivity contribution in [3.05, 3.63) is 24.3 Å². The molecule has 25 heavy (non-hydrogen) atoms. The maximum Gasteiger partial charge on any atom is 0.213 e. The van der Waals surface area contributed by atoms with E-state index < -0.39 is 10.0 Å². The molecule has 1 saturated heterocycles. The first-order valence-electron chi connectivity index (χ1n) is 8.82. The van der Waals surface area contributed by atoms with Gasteiger partial charge in [0.25, 0.3) is 0 Å². The number of rotatable bonds is 6. The summed E-state index contributed by atoms with van der Waals surface area (Å²) in [6, 6.07) is 0.473. The summed E-state index contributed by atoms with van der Waals surface area (Å²) in [7, 11) is -3.10. The second-order valence-corrected chi connectivity index (χ2v) is 9.00. The van der Waals surface area contributed by atoms with Crippen molar-refractivity contribution in [3.8, 4) is 0 Å². The van der Waals surface area contributed by atoms with E-state index in [1.54, 1.807) is 22.2 Å². The average molecular weight is 365 g/mol. The fourth-order valence-corrected chi connectivity index (χ4v) is 4.62. The van der Waals surface area contributed by atoms with Crippen molar-refractivity contribution in [1.29, 1.82) is 0 Å². The Balaban J connectivity index is 1.52. The van der Waals surface area contributed by atoms with E-state index in [0.717, 1.165) is 37.3 Å². The summed E-state index contributed by atoms with van der Waals surface area (Å²) in [4.78, 5) is 3.98. The third-order valence-corrected chi connectivity index (χ3v) is 6.93. The molecule has 2 fully saturated rings. The van der Waals surface area contributed by atoms with Crippen LogP contribution in [0, 0.1) is 0 Å². The highest BCUT2D eigenvalue weighted by Gasteiger charge is 2.35. The summed E-state index contributed by atoms with van der Waals surface area (Å²) in [6.45, 7) is 3.39. The van der Waals surface area contributed by atoms with Crippen LogP contribution in [-0.2, 0) is 16.6 Å². The highest BCUT2D eigenvalue weighted by Crippen LogP contribution is 2.40. The molecule has 2 aromatic rings. The molecular weight excluding hydrogens is 342 g/mol. The molecular formula is C15H23N7O2S. The van der Waals surface area contributed by atoms with E-state index in [0.29, 0.717) is 25.7 Å². The number of aromatic nitrogens is 6. The molecule has 3 heterocycles. The lowest BCUT2D eigenvalue weighted by atomic mass is 9.97. The van der Waals surface area contributed by atoms with Crippen LogP contribution in [0.2, 0.25) is 0 Å². The zero-order valence-corrected chi connectivity index (χ0v) is 15.1. The molecule has 1 aliphatic carbocycles. The van der Waals surface area contributed by atoms with Gasteiger partial charge in [-0.05, 0) is 32.6 Å². The number of nitrogens with zero attached hydrogens (tertiary/aromatic N) is 7. The zero-order valence-electron chi connectivity index (χ0n) is 14.3. The Kier molecular flexibility index (Phi) is 4.32. The Morgan fingerprint density at radius 1 is 1.16 bits per heavy atom. The Labute approximate surface area is 147 Å². The fraction of sp³-hybridized carbons (Fsp3) is 0.733. The van der Waals surface area contributed by atoms with Gasteiger partial charge in [0.2, 0.25) is 10.0 Å². The third-order valence-electron chi connectivity index (χ3n) is 5.05. The van der Waals surface area contributed by atoms with Gasteiger partial charge in [-0.25, -0.2) is 22.4 Å². The summed E-state index contributed by atoms with van der Waals surface area (Å²) >= 11 is 0. The highest BCUT2D eigenvalue weighted by atomic mass is 32.2. The predicted octanol–water partition coefficient (Wildman–Crippen LogP) is 0.782. The Bertz CT molecular complexity index is 818. The monoisotopic (exact) mass is 365 g/mol. The van der Waals surface area contributed by atoms with E-state index in [1.807, 2.05) is 0 Å². The minimum Gasteiger partial charge on any atom is -0.310 e. The predicted molar refractivity (Wildman–Crippen MR) is 90.4 cm³/mol. The largest absolute Gasteiger partial charge is 0.310 e. The number of hydrogen-bond donors (Lipinski definition) is 0. The van der Waals surface area contributed by atoms with Crippen LogP contribution in [0.3, 0.4) is 0 Å². The molecule has 2 aliphatic rings. The van der Waals surface area contributed by atoms with E-state index in [9.17, 15) is 8.42 Å². The zero-order chi connectivity index (χ0) is 17.4. The van der Waals surface area contributed by atoms with Crippen molar-refractivity contribution >= 4 is 10.0 Å². The maximum absolute atomic E-state index is 12.0. The molecule has 0 amide bonds. The number of sulfonamides is 1. The van der Waals surface area contributed by atoms with Crippen molar-refractivity contribution in [2.24, 2.45) is 0 Å². The van der Waals surface area contributed by atoms with Crippen LogP contribution in [0.15, 0.2) is 12.7 Å². The number of piperidine rings is 1. The van der Waals surface area contributed by atoms with Crippen LogP contribution in [0.4, 0.5) is 0 Å². The topological polar surface area (TPSA) is 98.8 Å². The van der Waals surface area contributed by atoms with E-state index in [4.69, 9.17) is 0 Å². The van der Waals surface area contributed by atoms with Gasteiger partial charge in [-0.2, -0.15) is 5.10 Å². The van der Waals surface area contributed by atoms with Gasteiger partial charge >= 0.3 is 0 Å². The molecule has 0 spiro atoms. The highest BCUT2D eigenvalue weighted by molar-refractivity contribution is 7.89. The van der Waals surface area contributed by atoms with Crippen molar-refractivity contribution in [2.45, 2.75) is 51.1 Å². The third kappa shape index (κ3) is 3.32. The van der Waals surface area contributed by atoms with Gasteiger partial charge in [0, 0.05) is 25.0 Å². The van der Waals surface area contributed by atoms with Gasteiger partial charge in [0.15, 0.2) is 5.82 Å². The molecule has 0 N–H and O–H groups in total. The lowest BCUT2D eigenvalue weighted by molar-refractivity contribution is 0.309. The van der Waals surface area contributed by atoms with Crippen LogP contribution in [0.5, 0.6) is 0 Å². The average Bonchev–Trinajstić information content (AvgIpc) is 3.17. The van der Waals surface area contributed by atoms with Gasteiger partial charge < -0.3 is 4.57 Å². The molecule has 0 bridgehead atoms. The second kappa shape index (κ2) is 6.49. The lowest BCUT2D eigenvalue weighted by Crippen LogP contribution is -2.39. The van der Waals surface area contributed by atoms with Crippen LogP contribution in [-0.4, -0.2) is 61.1 Å². The Hall–Kier alpha value is -1.81. The van der Waals surface area contributed by atoms with E-state index in [1.165, 1.54) is 6.33 Å². The smallest absolute Gasteiger partial charge is 0.213 e. The van der Waals surface area contributed by atoms with Crippen LogP contribution < -0.4 is 0 Å². The molecule has 1 saturated carbocycles. The standard InChI is InChI=1S/C15H23N7O2S/c1-2-25(23,24)21-7-5-12(6-8-21)15-19-18-14(22(15)13-3-4-13)9-20-11-16-10-17-20/h10-13H,2-9H2,1H3. The molecule has 1 aliphatic heterocycles. The molecule has 10 heteroatoms. The van der Waals surface area contributed by atoms with Crippen molar-refractivity contribution in [2.75, 3.05) is 18.8 Å². The minimum atomic E-state index is -3.10. The lowest BCUT2D eigenvalue weighted by Gasteiger charge is -2.30. The Morgan fingerprint density at radius 2 is 1.92 bits per heavy atom. The van der Waals surface area contributed by atoms with Gasteiger partial charge in [0.1, 0.15) is 25.0 Å². The van der Waals surface area contributed by atoms with Gasteiger partial charge in [-0.3, -0.25) is 0 Å². The quantitative estimate of drug-likeness (QED) is 0.750. The summed E-state index contributed by atoms with van der Waals surface area (Å²) in [5.74, 6) is 2.34. The molecule has 0 radical (unpaired) electrons. The molecule has 2 aromatic heterocycles. The summed E-state index contributed by atoms with van der Waals surface area (Å²) < 4.78 is 29.7. The van der Waals surface area contributed by atoms with E-state index in [2.05, 4.69) is 24.8 Å². The molecule has 0 unspecified atom stereocenters. The first-order valence-corrected chi connectivity index (χ1v) is 10.4. The van der Waals surface area contributed by atoms with Crippen molar-refractivity contribution in [1.82, 2.24) is 33.8 Å². The Morgan fingerprint density at radius 3 is 2.52 bits per heavy atom. The first kappa shape index (κ1) is 16.6. The SMILES string of the molecule is CCS(=O)(=O)N1CCC(c2nnc(Cn3cncn3)n2C2CC2)CC1. The van der Waals surface area contributed by atoms with Crippen molar-refractivity contribution in [3.63, 3.8) is 0 Å². The van der Waals surface area contributed by atoms with Crippen LogP contribution in [0.25, 0.3) is 0 Å². The number of hydrogen-bond acceptors (Lipinski definition) is 6. The molecule has 9 nitrogen and oxygen atoms in total. The molecule has 136 valence electrons. The van der Waals surface area contributed by atoms with Gasteiger partial charge in [-0.1, -0.05) is 0 Å². The normalized spacial score (nSPS) is 20.2. The molecule has 0 atom stereocenters.